The number of rotatable bonds is 4. The van der Waals surface area contributed by atoms with Gasteiger partial charge in [0.1, 0.15) is 11.5 Å². The molecule has 25 heavy (non-hydrogen) atoms. The number of hydrogen-bond acceptors (Lipinski definition) is 5. The number of ketones is 2. The lowest BCUT2D eigenvalue weighted by Gasteiger charge is -2.22. The molecule has 2 aromatic rings. The van der Waals surface area contributed by atoms with Crippen molar-refractivity contribution in [3.8, 4) is 11.5 Å². The van der Waals surface area contributed by atoms with Crippen LogP contribution in [0.3, 0.4) is 0 Å². The maximum absolute atomic E-state index is 13.0. The van der Waals surface area contributed by atoms with Crippen LogP contribution in [0, 0.1) is 0 Å². The molecule has 0 bridgehead atoms. The number of amides is 1. The number of ether oxygens (including phenoxy) is 2. The third-order valence-electron chi connectivity index (χ3n) is 3.92. The van der Waals surface area contributed by atoms with E-state index in [1.165, 1.54) is 26.4 Å². The molecule has 0 atom stereocenters. The zero-order chi connectivity index (χ0) is 18.1. The predicted molar refractivity (Wildman–Crippen MR) is 100 cm³/mol. The highest BCUT2D eigenvalue weighted by Gasteiger charge is 2.35. The van der Waals surface area contributed by atoms with Gasteiger partial charge in [0.05, 0.1) is 29.8 Å². The van der Waals surface area contributed by atoms with Crippen molar-refractivity contribution in [2.24, 2.45) is 0 Å². The lowest BCUT2D eigenvalue weighted by atomic mass is 9.82. The zero-order valence-electron chi connectivity index (χ0n) is 13.5. The first kappa shape index (κ1) is 17.4. The number of carbonyl (C=O) groups excluding carboxylic acids is 3. The second kappa shape index (κ2) is 6.83. The van der Waals surface area contributed by atoms with E-state index in [-0.39, 0.29) is 49.9 Å². The summed E-state index contributed by atoms with van der Waals surface area (Å²) in [6, 6.07) is 7.92. The van der Waals surface area contributed by atoms with Crippen LogP contribution in [0.15, 0.2) is 30.3 Å². The first-order valence-electron chi connectivity index (χ1n) is 7.36. The third-order valence-corrected chi connectivity index (χ3v) is 4.61. The summed E-state index contributed by atoms with van der Waals surface area (Å²) >= 11 is 1.94. The molecule has 0 spiro atoms. The molecule has 2 aromatic carbocycles. The highest BCUT2D eigenvalue weighted by molar-refractivity contribution is 14.1. The molecule has 0 heterocycles. The Morgan fingerprint density at radius 2 is 1.68 bits per heavy atom. The van der Waals surface area contributed by atoms with E-state index in [1.54, 1.807) is 18.2 Å². The second-order valence-electron chi connectivity index (χ2n) is 5.32. The summed E-state index contributed by atoms with van der Waals surface area (Å²) in [5, 5.41) is 2.68. The fraction of sp³-hybridized carbons (Fsp3) is 0.167. The molecule has 1 N–H and O–H groups in total. The van der Waals surface area contributed by atoms with E-state index in [4.69, 9.17) is 9.47 Å². The highest BCUT2D eigenvalue weighted by Crippen LogP contribution is 2.38. The molecule has 3 rings (SSSR count). The van der Waals surface area contributed by atoms with E-state index in [2.05, 4.69) is 5.32 Å². The molecule has 7 heteroatoms. The fourth-order valence-corrected chi connectivity index (χ4v) is 3.04. The van der Waals surface area contributed by atoms with Crippen molar-refractivity contribution in [1.29, 1.82) is 0 Å². The number of halogens is 1. The van der Waals surface area contributed by atoms with Crippen LogP contribution in [-0.4, -0.2) is 36.1 Å². The van der Waals surface area contributed by atoms with Crippen molar-refractivity contribution in [3.63, 3.8) is 0 Å². The standard InChI is InChI=1S/C18H14INO5/c1-24-12-5-3-4-10-15(12)18(23)16-11(17(10)22)6-9(7-13(16)25-2)20-14(21)8-19/h3-7H,8H2,1-2H3,(H,20,21). The number of anilines is 1. The third kappa shape index (κ3) is 2.88. The number of carbonyl (C=O) groups is 3. The molecular weight excluding hydrogens is 437 g/mol. The Morgan fingerprint density at radius 1 is 1.00 bits per heavy atom. The average Bonchev–Trinajstić information content (AvgIpc) is 2.64. The van der Waals surface area contributed by atoms with Crippen molar-refractivity contribution in [3.05, 3.63) is 52.6 Å². The number of methoxy groups -OCH3 is 2. The first-order valence-corrected chi connectivity index (χ1v) is 8.88. The van der Waals surface area contributed by atoms with Gasteiger partial charge in [-0.3, -0.25) is 14.4 Å². The molecule has 1 amide bonds. The minimum Gasteiger partial charge on any atom is -0.496 e. The van der Waals surface area contributed by atoms with Crippen LogP contribution < -0.4 is 14.8 Å². The summed E-state index contributed by atoms with van der Waals surface area (Å²) in [5.41, 5.74) is 1.29. The Morgan fingerprint density at radius 3 is 2.32 bits per heavy atom. The van der Waals surface area contributed by atoms with E-state index in [1.807, 2.05) is 22.6 Å². The quantitative estimate of drug-likeness (QED) is 0.488. The van der Waals surface area contributed by atoms with Crippen LogP contribution in [-0.2, 0) is 4.79 Å². The molecule has 0 saturated heterocycles. The van der Waals surface area contributed by atoms with Gasteiger partial charge in [0.25, 0.3) is 0 Å². The molecule has 1 aliphatic rings. The molecule has 0 unspecified atom stereocenters. The van der Waals surface area contributed by atoms with Gasteiger partial charge >= 0.3 is 0 Å². The van der Waals surface area contributed by atoms with Crippen molar-refractivity contribution in [2.75, 3.05) is 24.0 Å². The van der Waals surface area contributed by atoms with Gasteiger partial charge in [0.15, 0.2) is 5.78 Å². The Balaban J connectivity index is 2.22. The Kier molecular flexibility index (Phi) is 4.76. The van der Waals surface area contributed by atoms with Crippen LogP contribution in [0.25, 0.3) is 0 Å². The van der Waals surface area contributed by atoms with Crippen LogP contribution in [0.1, 0.15) is 31.8 Å². The smallest absolute Gasteiger partial charge is 0.234 e. The summed E-state index contributed by atoms with van der Waals surface area (Å²) < 4.78 is 10.8. The van der Waals surface area contributed by atoms with Crippen LogP contribution in [0.2, 0.25) is 0 Å². The maximum atomic E-state index is 13.0. The van der Waals surface area contributed by atoms with E-state index in [0.717, 1.165) is 0 Å². The number of alkyl halides is 1. The van der Waals surface area contributed by atoms with Gasteiger partial charge in [0.2, 0.25) is 11.7 Å². The van der Waals surface area contributed by atoms with Gasteiger partial charge in [-0.25, -0.2) is 0 Å². The molecule has 6 nitrogen and oxygen atoms in total. The van der Waals surface area contributed by atoms with Crippen molar-refractivity contribution >= 4 is 45.8 Å². The van der Waals surface area contributed by atoms with Gasteiger partial charge in [-0.2, -0.15) is 0 Å². The monoisotopic (exact) mass is 451 g/mol. The number of nitrogens with one attached hydrogen (secondary N) is 1. The summed E-state index contributed by atoms with van der Waals surface area (Å²) in [6.07, 6.45) is 0. The predicted octanol–water partition coefficient (Wildman–Crippen LogP) is 2.85. The van der Waals surface area contributed by atoms with Gasteiger partial charge in [-0.05, 0) is 12.1 Å². The second-order valence-corrected chi connectivity index (χ2v) is 6.09. The Bertz CT molecular complexity index is 907. The van der Waals surface area contributed by atoms with Gasteiger partial charge in [-0.15, -0.1) is 0 Å². The lowest BCUT2D eigenvalue weighted by molar-refractivity contribution is -0.113. The zero-order valence-corrected chi connectivity index (χ0v) is 15.7. The average molecular weight is 451 g/mol. The number of fused-ring (bicyclic) bond motifs is 2. The Hall–Kier alpha value is -2.42. The summed E-state index contributed by atoms with van der Waals surface area (Å²) in [7, 11) is 2.86. The molecule has 1 aliphatic carbocycles. The van der Waals surface area contributed by atoms with E-state index in [9.17, 15) is 14.4 Å². The van der Waals surface area contributed by atoms with E-state index >= 15 is 0 Å². The Labute approximate surface area is 157 Å². The minimum absolute atomic E-state index is 0.178. The molecule has 0 radical (unpaired) electrons. The van der Waals surface area contributed by atoms with Crippen molar-refractivity contribution < 1.29 is 23.9 Å². The maximum Gasteiger partial charge on any atom is 0.234 e. The summed E-state index contributed by atoms with van der Waals surface area (Å²) in [4.78, 5) is 37.6. The van der Waals surface area contributed by atoms with Gasteiger partial charge < -0.3 is 14.8 Å². The topological polar surface area (TPSA) is 81.7 Å². The molecule has 0 fully saturated rings. The van der Waals surface area contributed by atoms with Crippen LogP contribution >= 0.6 is 22.6 Å². The molecule has 128 valence electrons. The molecule has 0 aliphatic heterocycles. The number of benzene rings is 2. The number of hydrogen-bond donors (Lipinski definition) is 1. The van der Waals surface area contributed by atoms with E-state index in [0.29, 0.717) is 11.4 Å². The summed E-state index contributed by atoms with van der Waals surface area (Å²) in [5.74, 6) is -0.292. The van der Waals surface area contributed by atoms with Crippen LogP contribution in [0.5, 0.6) is 11.5 Å². The van der Waals surface area contributed by atoms with Crippen molar-refractivity contribution in [1.82, 2.24) is 0 Å². The molecule has 0 saturated carbocycles. The SMILES string of the molecule is COc1cccc2c1C(=O)c1c(OC)cc(NC(=O)CI)cc1C2=O. The molecular formula is C18H14INO5. The van der Waals surface area contributed by atoms with Gasteiger partial charge in [-0.1, -0.05) is 34.7 Å². The van der Waals surface area contributed by atoms with Crippen LogP contribution in [0.4, 0.5) is 5.69 Å². The fourth-order valence-electron chi connectivity index (χ4n) is 2.85. The normalized spacial score (nSPS) is 12.3. The summed E-state index contributed by atoms with van der Waals surface area (Å²) in [6.45, 7) is 0. The van der Waals surface area contributed by atoms with E-state index < -0.39 is 0 Å². The largest absolute Gasteiger partial charge is 0.496 e. The van der Waals surface area contributed by atoms with Gasteiger partial charge in [0, 0.05) is 22.9 Å². The molecule has 0 aromatic heterocycles. The lowest BCUT2D eigenvalue weighted by Crippen LogP contribution is -2.23. The first-order chi connectivity index (χ1) is 12.0. The van der Waals surface area contributed by atoms with Crippen molar-refractivity contribution in [2.45, 2.75) is 0 Å². The highest BCUT2D eigenvalue weighted by atomic mass is 127. The minimum atomic E-state index is -0.342.